The topological polar surface area (TPSA) is 87.5 Å². The van der Waals surface area contributed by atoms with E-state index in [1.165, 1.54) is 17.7 Å². The van der Waals surface area contributed by atoms with E-state index in [9.17, 15) is 14.4 Å². The lowest BCUT2D eigenvalue weighted by Crippen LogP contribution is -2.27. The number of aromatic nitrogens is 2. The van der Waals surface area contributed by atoms with Crippen molar-refractivity contribution in [3.63, 3.8) is 0 Å². The van der Waals surface area contributed by atoms with Gasteiger partial charge in [-0.1, -0.05) is 20.3 Å². The van der Waals surface area contributed by atoms with Gasteiger partial charge >= 0.3 is 11.9 Å². The van der Waals surface area contributed by atoms with Gasteiger partial charge in [0.05, 0.1) is 30.0 Å². The number of thiophene rings is 1. The smallest absolute Gasteiger partial charge is 0.339 e. The zero-order valence-corrected chi connectivity index (χ0v) is 15.4. The van der Waals surface area contributed by atoms with Crippen LogP contribution in [0.4, 0.5) is 0 Å². The summed E-state index contributed by atoms with van der Waals surface area (Å²) in [5.74, 6) is -1.06. The molecule has 0 radical (unpaired) electrons. The number of unbranched alkanes of at least 4 members (excludes halogenated alkanes) is 1. The molecule has 0 bridgehead atoms. The first-order valence-electron chi connectivity index (χ1n) is 8.31. The monoisotopic (exact) mass is 366 g/mol. The number of rotatable bonds is 8. The fraction of sp³-hybridized carbons (Fsp3) is 0.529. The number of carbonyl (C=O) groups excluding carboxylic acids is 2. The lowest BCUT2D eigenvalue weighted by Gasteiger charge is -2.11. The second-order valence-electron chi connectivity index (χ2n) is 5.71. The van der Waals surface area contributed by atoms with Gasteiger partial charge in [-0.25, -0.2) is 9.78 Å². The highest BCUT2D eigenvalue weighted by atomic mass is 32.1. The van der Waals surface area contributed by atoms with Crippen molar-refractivity contribution >= 4 is 33.5 Å². The summed E-state index contributed by atoms with van der Waals surface area (Å²) in [5, 5.41) is 1.75. The average molecular weight is 366 g/mol. The average Bonchev–Trinajstić information content (AvgIpc) is 3.02. The molecule has 0 amide bonds. The molecular formula is C17H22N2O5S. The van der Waals surface area contributed by atoms with Gasteiger partial charge in [-0.3, -0.25) is 14.2 Å². The molecule has 0 aromatic carbocycles. The van der Waals surface area contributed by atoms with Crippen molar-refractivity contribution in [3.05, 3.63) is 27.6 Å². The minimum Gasteiger partial charge on any atom is -0.462 e. The summed E-state index contributed by atoms with van der Waals surface area (Å²) in [5.41, 5.74) is -0.256. The highest BCUT2D eigenvalue weighted by Gasteiger charge is 2.19. The van der Waals surface area contributed by atoms with Crippen LogP contribution in [0.15, 0.2) is 16.5 Å². The molecule has 0 saturated heterocycles. The van der Waals surface area contributed by atoms with Crippen LogP contribution in [0.5, 0.6) is 0 Å². The Kier molecular flexibility index (Phi) is 6.69. The Morgan fingerprint density at radius 2 is 2.12 bits per heavy atom. The first-order valence-corrected chi connectivity index (χ1v) is 9.19. The molecule has 0 aliphatic carbocycles. The Morgan fingerprint density at radius 1 is 1.36 bits per heavy atom. The van der Waals surface area contributed by atoms with Gasteiger partial charge in [-0.05, 0) is 19.8 Å². The normalized spacial score (nSPS) is 12.1. The molecule has 0 fully saturated rings. The first kappa shape index (κ1) is 19.1. The predicted octanol–water partition coefficient (Wildman–Crippen LogP) is 2.76. The van der Waals surface area contributed by atoms with Crippen molar-refractivity contribution in [2.45, 2.75) is 52.7 Å². The lowest BCUT2D eigenvalue weighted by molar-refractivity contribution is -0.149. The maximum Gasteiger partial charge on any atom is 0.339 e. The van der Waals surface area contributed by atoms with Crippen LogP contribution in [0.3, 0.4) is 0 Å². The molecule has 0 aliphatic rings. The summed E-state index contributed by atoms with van der Waals surface area (Å²) >= 11 is 1.20. The molecule has 0 saturated carbocycles. The highest BCUT2D eigenvalue weighted by molar-refractivity contribution is 7.17. The van der Waals surface area contributed by atoms with Crippen molar-refractivity contribution < 1.29 is 19.1 Å². The number of esters is 2. The summed E-state index contributed by atoms with van der Waals surface area (Å²) in [4.78, 5) is 41.3. The molecular weight excluding hydrogens is 344 g/mol. The molecule has 0 aliphatic heterocycles. The van der Waals surface area contributed by atoms with Gasteiger partial charge < -0.3 is 9.47 Å². The number of hydrogen-bond acceptors (Lipinski definition) is 7. The summed E-state index contributed by atoms with van der Waals surface area (Å²) in [7, 11) is 0. The van der Waals surface area contributed by atoms with E-state index in [0.29, 0.717) is 17.9 Å². The molecule has 2 aromatic rings. The van der Waals surface area contributed by atoms with Crippen LogP contribution in [0.2, 0.25) is 0 Å². The van der Waals surface area contributed by atoms with Crippen molar-refractivity contribution in [2.24, 2.45) is 0 Å². The fourth-order valence-corrected chi connectivity index (χ4v) is 2.97. The van der Waals surface area contributed by atoms with Crippen LogP contribution in [0.1, 0.15) is 50.4 Å². The predicted molar refractivity (Wildman–Crippen MR) is 94.9 cm³/mol. The Bertz CT molecular complexity index is 811. The summed E-state index contributed by atoms with van der Waals surface area (Å²) in [6.07, 6.45) is 3.44. The van der Waals surface area contributed by atoms with Crippen LogP contribution in [0.25, 0.3) is 10.2 Å². The molecule has 0 N–H and O–H groups in total. The van der Waals surface area contributed by atoms with Crippen LogP contribution in [-0.4, -0.2) is 34.2 Å². The highest BCUT2D eigenvalue weighted by Crippen LogP contribution is 2.21. The molecule has 7 nitrogen and oxygen atoms in total. The van der Waals surface area contributed by atoms with Gasteiger partial charge in [0.2, 0.25) is 0 Å². The Morgan fingerprint density at radius 3 is 2.80 bits per heavy atom. The Hall–Kier alpha value is -2.22. The maximum absolute atomic E-state index is 12.6. The maximum atomic E-state index is 12.6. The zero-order valence-electron chi connectivity index (χ0n) is 14.6. The van der Waals surface area contributed by atoms with E-state index in [1.807, 2.05) is 13.8 Å². The summed E-state index contributed by atoms with van der Waals surface area (Å²) in [6, 6.07) is 0. The van der Waals surface area contributed by atoms with E-state index in [1.54, 1.807) is 12.3 Å². The second-order valence-corrected chi connectivity index (χ2v) is 6.56. The molecule has 2 heterocycles. The first-order chi connectivity index (χ1) is 12.0. The summed E-state index contributed by atoms with van der Waals surface area (Å²) in [6.45, 7) is 5.74. The molecule has 8 heteroatoms. The molecule has 1 atom stereocenters. The molecule has 25 heavy (non-hydrogen) atoms. The minimum absolute atomic E-state index is 0.185. The Balaban J connectivity index is 2.25. The van der Waals surface area contributed by atoms with Crippen LogP contribution < -0.4 is 5.56 Å². The quantitative estimate of drug-likeness (QED) is 0.527. The second kappa shape index (κ2) is 8.75. The van der Waals surface area contributed by atoms with Gasteiger partial charge in [-0.15, -0.1) is 11.3 Å². The number of ether oxygens (including phenoxy) is 2. The zero-order chi connectivity index (χ0) is 18.4. The molecule has 0 spiro atoms. The van der Waals surface area contributed by atoms with E-state index in [-0.39, 0.29) is 23.6 Å². The van der Waals surface area contributed by atoms with Crippen molar-refractivity contribution in [3.8, 4) is 0 Å². The largest absolute Gasteiger partial charge is 0.462 e. The van der Waals surface area contributed by atoms with Crippen LogP contribution in [-0.2, 0) is 20.8 Å². The fourth-order valence-electron chi connectivity index (χ4n) is 2.10. The number of hydrogen-bond donors (Lipinski definition) is 0. The summed E-state index contributed by atoms with van der Waals surface area (Å²) < 4.78 is 11.5. The lowest BCUT2D eigenvalue weighted by atomic mass is 10.2. The third kappa shape index (κ3) is 4.66. The standard InChI is InChI=1S/C17H22N2O5S/c1-4-6-7-23-17(22)12-9-25-15-14(12)16(21)19(10-18-15)8-13(20)24-11(3)5-2/h9-11H,4-8H2,1-3H3. The van der Waals surface area contributed by atoms with E-state index in [0.717, 1.165) is 17.4 Å². The van der Waals surface area contributed by atoms with Crippen molar-refractivity contribution in [1.29, 1.82) is 0 Å². The van der Waals surface area contributed by atoms with E-state index < -0.39 is 17.5 Å². The van der Waals surface area contributed by atoms with Gasteiger partial charge in [-0.2, -0.15) is 0 Å². The Labute approximate surface area is 149 Å². The minimum atomic E-state index is -0.543. The van der Waals surface area contributed by atoms with E-state index >= 15 is 0 Å². The molecule has 136 valence electrons. The van der Waals surface area contributed by atoms with Gasteiger partial charge in [0.15, 0.2) is 0 Å². The van der Waals surface area contributed by atoms with Crippen LogP contribution >= 0.6 is 11.3 Å². The van der Waals surface area contributed by atoms with Crippen LogP contribution in [0, 0.1) is 0 Å². The molecule has 2 aromatic heterocycles. The van der Waals surface area contributed by atoms with E-state index in [2.05, 4.69) is 4.98 Å². The van der Waals surface area contributed by atoms with Gasteiger partial charge in [0, 0.05) is 5.38 Å². The van der Waals surface area contributed by atoms with Gasteiger partial charge in [0.25, 0.3) is 5.56 Å². The van der Waals surface area contributed by atoms with Gasteiger partial charge in [0.1, 0.15) is 11.4 Å². The van der Waals surface area contributed by atoms with Crippen molar-refractivity contribution in [2.75, 3.05) is 6.61 Å². The van der Waals surface area contributed by atoms with E-state index in [4.69, 9.17) is 9.47 Å². The molecule has 1 unspecified atom stereocenters. The number of carbonyl (C=O) groups is 2. The van der Waals surface area contributed by atoms with Crippen molar-refractivity contribution in [1.82, 2.24) is 9.55 Å². The third-order valence-corrected chi connectivity index (χ3v) is 4.61. The number of fused-ring (bicyclic) bond motifs is 1. The molecule has 2 rings (SSSR count). The number of nitrogens with zero attached hydrogens (tertiary/aromatic N) is 2. The SMILES string of the molecule is CCCCOC(=O)c1csc2ncn(CC(=O)OC(C)CC)c(=O)c12. The third-order valence-electron chi connectivity index (χ3n) is 3.72.